The van der Waals surface area contributed by atoms with Crippen molar-refractivity contribution in [3.05, 3.63) is 278 Å². The lowest BCUT2D eigenvalue weighted by atomic mass is 9.97. The Bertz CT molecular complexity index is 4090. The number of ketones is 2. The molecule has 12 aromatic carbocycles. The fraction of sp³-hybridized carbons (Fsp3) is 0. The third kappa shape index (κ3) is 9.23. The van der Waals surface area contributed by atoms with Gasteiger partial charge in [0.2, 0.25) is 11.6 Å². The largest absolute Gasteiger partial charge is 0.397 e. The molecule has 1 heterocycles. The maximum absolute atomic E-state index is 12.2. The number of Topliss-reactive ketones (excluding diaryl/α,β-unsaturated/α-hetero) is 2. The van der Waals surface area contributed by atoms with Crippen LogP contribution in [0.25, 0.3) is 98.9 Å². The van der Waals surface area contributed by atoms with Crippen molar-refractivity contribution >= 4 is 77.1 Å². The Labute approximate surface area is 428 Å². The highest BCUT2D eigenvalue weighted by Gasteiger charge is 2.19. The van der Waals surface area contributed by atoms with E-state index in [0.717, 1.165) is 77.0 Å². The number of nitrogens with zero attached hydrogens (tertiary/aromatic N) is 2. The van der Waals surface area contributed by atoms with Crippen LogP contribution in [0.15, 0.2) is 267 Å². The number of hydrogen-bond donors (Lipinski definition) is 2. The molecule has 0 unspecified atom stereocenters. The van der Waals surface area contributed by atoms with Gasteiger partial charge in [-0.1, -0.05) is 267 Å². The molecule has 4 N–H and O–H groups in total. The number of fused-ring (bicyclic) bond motifs is 9. The summed E-state index contributed by atoms with van der Waals surface area (Å²) in [5.74, 6) is -0.959. The van der Waals surface area contributed by atoms with Crippen molar-refractivity contribution in [3.8, 4) is 44.8 Å². The van der Waals surface area contributed by atoms with Crippen LogP contribution < -0.4 is 11.5 Å². The van der Waals surface area contributed by atoms with Crippen molar-refractivity contribution in [2.45, 2.75) is 0 Å². The monoisotopic (exact) mass is 952 g/mol. The van der Waals surface area contributed by atoms with Gasteiger partial charge in [0.25, 0.3) is 0 Å². The molecule has 0 saturated carbocycles. The van der Waals surface area contributed by atoms with Gasteiger partial charge in [0.1, 0.15) is 0 Å². The van der Waals surface area contributed by atoms with E-state index in [1.54, 1.807) is 36.4 Å². The van der Waals surface area contributed by atoms with E-state index in [2.05, 4.69) is 133 Å². The Kier molecular flexibility index (Phi) is 13.0. The molecule has 0 atom stereocenters. The average molecular weight is 953 g/mol. The van der Waals surface area contributed by atoms with Gasteiger partial charge in [-0.05, 0) is 43.8 Å². The van der Waals surface area contributed by atoms with Crippen LogP contribution in [0.2, 0.25) is 0 Å². The number of anilines is 2. The third-order valence-electron chi connectivity index (χ3n) is 13.4. The number of benzene rings is 12. The molecule has 0 aliphatic heterocycles. The van der Waals surface area contributed by atoms with Crippen molar-refractivity contribution in [3.63, 3.8) is 0 Å². The predicted octanol–water partition coefficient (Wildman–Crippen LogP) is 16.5. The molecule has 0 aliphatic rings. The smallest absolute Gasteiger partial charge is 0.233 e. The van der Waals surface area contributed by atoms with Crippen molar-refractivity contribution in [1.29, 1.82) is 0 Å². The first-order valence-electron chi connectivity index (χ1n) is 24.5. The molecule has 0 amide bonds. The highest BCUT2D eigenvalue weighted by atomic mass is 16.2. The van der Waals surface area contributed by atoms with Gasteiger partial charge >= 0.3 is 0 Å². The molecule has 0 spiro atoms. The van der Waals surface area contributed by atoms with E-state index in [9.17, 15) is 9.59 Å². The van der Waals surface area contributed by atoms with Crippen LogP contribution in [0.1, 0.15) is 20.7 Å². The standard InChI is InChI=1S/C34H22N2.C20H14O2.C14H12N2/c1-3-11-23(12-4-1)24-19-21-26(22-20-24)32-31(25-13-5-2-6-14-25)35-33-29-17-9-7-15-27(29)28-16-8-10-18-30(28)34(33)36-32;21-19(17-9-5-2-6-10-17)20(22)18-13-11-16(12-14-18)15-7-3-1-4-8-15;15-13-11-7-3-1-5-9(11)10-6-2-4-8-12(10)14(13)16/h1-22H;1-14H;1-8H,15-16H2. The second-order valence-corrected chi connectivity index (χ2v) is 17.9. The third-order valence-corrected chi connectivity index (χ3v) is 13.4. The maximum Gasteiger partial charge on any atom is 0.233 e. The van der Waals surface area contributed by atoms with Gasteiger partial charge in [-0.3, -0.25) is 9.59 Å². The van der Waals surface area contributed by atoms with Gasteiger partial charge in [0.05, 0.1) is 33.8 Å². The van der Waals surface area contributed by atoms with Crippen LogP contribution in [0, 0.1) is 0 Å². The fourth-order valence-corrected chi connectivity index (χ4v) is 9.60. The molecular formula is C68H48N4O2. The zero-order valence-electron chi connectivity index (χ0n) is 40.3. The summed E-state index contributed by atoms with van der Waals surface area (Å²) in [6.45, 7) is 0. The van der Waals surface area contributed by atoms with Crippen molar-refractivity contribution < 1.29 is 9.59 Å². The summed E-state index contributed by atoms with van der Waals surface area (Å²) in [7, 11) is 0. The lowest BCUT2D eigenvalue weighted by Crippen LogP contribution is -2.14. The van der Waals surface area contributed by atoms with E-state index >= 15 is 0 Å². The minimum absolute atomic E-state index is 0.411. The second kappa shape index (κ2) is 20.7. The molecule has 6 nitrogen and oxygen atoms in total. The molecule has 13 aromatic rings. The fourth-order valence-electron chi connectivity index (χ4n) is 9.60. The summed E-state index contributed by atoms with van der Waals surface area (Å²) in [5, 5.41) is 9.02. The van der Waals surface area contributed by atoms with E-state index in [1.165, 1.54) is 21.9 Å². The van der Waals surface area contributed by atoms with Gasteiger partial charge < -0.3 is 11.5 Å². The van der Waals surface area contributed by atoms with Crippen LogP contribution in [-0.4, -0.2) is 21.5 Å². The summed E-state index contributed by atoms with van der Waals surface area (Å²) in [6, 6.07) is 88.3. The molecule has 13 rings (SSSR count). The summed E-state index contributed by atoms with van der Waals surface area (Å²) >= 11 is 0. The van der Waals surface area contributed by atoms with E-state index < -0.39 is 11.6 Å². The Morgan fingerprint density at radius 2 is 0.486 bits per heavy atom. The zero-order chi connectivity index (χ0) is 50.4. The van der Waals surface area contributed by atoms with Crippen LogP contribution in [0.5, 0.6) is 0 Å². The molecule has 0 radical (unpaired) electrons. The molecule has 0 aliphatic carbocycles. The van der Waals surface area contributed by atoms with Gasteiger partial charge in [-0.2, -0.15) is 0 Å². The second-order valence-electron chi connectivity index (χ2n) is 17.9. The minimum Gasteiger partial charge on any atom is -0.397 e. The highest BCUT2D eigenvalue weighted by Crippen LogP contribution is 2.39. The summed E-state index contributed by atoms with van der Waals surface area (Å²) in [6.07, 6.45) is 0. The minimum atomic E-state index is -0.481. The molecule has 352 valence electrons. The number of nitrogens with two attached hydrogens (primary N) is 2. The average Bonchev–Trinajstić information content (AvgIpc) is 3.50. The molecule has 0 bridgehead atoms. The molecule has 74 heavy (non-hydrogen) atoms. The van der Waals surface area contributed by atoms with Gasteiger partial charge in [0, 0.05) is 43.8 Å². The molecule has 0 fully saturated rings. The number of nitrogen functional groups attached to an aromatic ring is 2. The molecule has 6 heteroatoms. The van der Waals surface area contributed by atoms with E-state index in [0.29, 0.717) is 22.5 Å². The summed E-state index contributed by atoms with van der Waals surface area (Å²) in [4.78, 5) is 35.1. The SMILES string of the molecule is Nc1c(N)c2ccccc2c2ccccc12.O=C(C(=O)c1ccc(-c2ccccc2)cc1)c1ccccc1.c1ccc(-c2ccc(-c3nc4c5ccccc5c5ccccc5c4nc3-c3ccccc3)cc2)cc1. The Balaban J connectivity index is 0.000000131. The van der Waals surface area contributed by atoms with E-state index in [1.807, 2.05) is 97.1 Å². The zero-order valence-corrected chi connectivity index (χ0v) is 40.3. The topological polar surface area (TPSA) is 112 Å². The predicted molar refractivity (Wildman–Crippen MR) is 308 cm³/mol. The molecule has 0 saturated heterocycles. The first-order chi connectivity index (χ1) is 36.4. The van der Waals surface area contributed by atoms with Crippen molar-refractivity contribution in [2.75, 3.05) is 11.5 Å². The first-order valence-corrected chi connectivity index (χ1v) is 24.5. The lowest BCUT2D eigenvalue weighted by molar-refractivity contribution is 0.0817. The van der Waals surface area contributed by atoms with E-state index in [4.69, 9.17) is 21.4 Å². The highest BCUT2D eigenvalue weighted by molar-refractivity contribution is 6.49. The normalized spacial score (nSPS) is 10.9. The molecule has 1 aromatic heterocycles. The van der Waals surface area contributed by atoms with Gasteiger partial charge in [-0.25, -0.2) is 9.97 Å². The van der Waals surface area contributed by atoms with Crippen LogP contribution in [0.4, 0.5) is 11.4 Å². The Morgan fingerprint density at radius 3 is 0.878 bits per heavy atom. The Morgan fingerprint density at radius 1 is 0.243 bits per heavy atom. The number of carbonyl (C=O) groups excluding carboxylic acids is 2. The first kappa shape index (κ1) is 46.3. The van der Waals surface area contributed by atoms with Gasteiger partial charge in [0.15, 0.2) is 0 Å². The van der Waals surface area contributed by atoms with Crippen LogP contribution >= 0.6 is 0 Å². The van der Waals surface area contributed by atoms with Gasteiger partial charge in [-0.15, -0.1) is 0 Å². The summed E-state index contributed by atoms with van der Waals surface area (Å²) in [5.41, 5.74) is 24.6. The molecular weight excluding hydrogens is 905 g/mol. The van der Waals surface area contributed by atoms with Crippen molar-refractivity contribution in [1.82, 2.24) is 9.97 Å². The maximum atomic E-state index is 12.2. The van der Waals surface area contributed by atoms with Crippen molar-refractivity contribution in [2.24, 2.45) is 0 Å². The number of carbonyl (C=O) groups is 2. The quantitative estimate of drug-likeness (QED) is 0.0541. The Hall–Kier alpha value is -10.0. The van der Waals surface area contributed by atoms with Crippen LogP contribution in [-0.2, 0) is 0 Å². The number of hydrogen-bond acceptors (Lipinski definition) is 6. The lowest BCUT2D eigenvalue weighted by Gasteiger charge is -2.15. The number of aromatic nitrogens is 2. The van der Waals surface area contributed by atoms with E-state index in [-0.39, 0.29) is 0 Å². The summed E-state index contributed by atoms with van der Waals surface area (Å²) < 4.78 is 0. The number of rotatable bonds is 7. The van der Waals surface area contributed by atoms with Crippen LogP contribution in [0.3, 0.4) is 0 Å².